The third-order valence-electron chi connectivity index (χ3n) is 4.78. The molecule has 150 valence electrons. The summed E-state index contributed by atoms with van der Waals surface area (Å²) in [6, 6.07) is 15.0. The van der Waals surface area contributed by atoms with Gasteiger partial charge in [-0.25, -0.2) is 4.79 Å². The zero-order valence-corrected chi connectivity index (χ0v) is 17.1. The van der Waals surface area contributed by atoms with E-state index in [0.717, 1.165) is 5.56 Å². The molecule has 0 N–H and O–H groups in total. The zero-order valence-electron chi connectivity index (χ0n) is 17.1. The quantitative estimate of drug-likeness (QED) is 0.450. The number of hydrogen-bond donors (Lipinski definition) is 0. The molecule has 0 spiro atoms. The van der Waals surface area contributed by atoms with Gasteiger partial charge in [-0.3, -0.25) is 9.48 Å². The third kappa shape index (κ3) is 4.54. The number of carbonyl (C=O) groups is 2. The normalized spacial score (nSPS) is 10.6. The van der Waals surface area contributed by atoms with Gasteiger partial charge in [-0.1, -0.05) is 42.0 Å². The molecule has 6 nitrogen and oxygen atoms in total. The first-order valence-corrected chi connectivity index (χ1v) is 9.33. The van der Waals surface area contributed by atoms with Gasteiger partial charge in [0.1, 0.15) is 11.3 Å². The molecular formula is C23H24N2O4. The van der Waals surface area contributed by atoms with Crippen molar-refractivity contribution in [2.45, 2.75) is 27.3 Å². The summed E-state index contributed by atoms with van der Waals surface area (Å²) in [5.41, 5.74) is 4.33. The van der Waals surface area contributed by atoms with Crippen LogP contribution in [0.3, 0.4) is 0 Å². The molecule has 6 heteroatoms. The molecule has 0 bridgehead atoms. The van der Waals surface area contributed by atoms with Gasteiger partial charge in [0.25, 0.3) is 0 Å². The number of benzene rings is 2. The number of hydrogen-bond acceptors (Lipinski definition) is 5. The Bertz CT molecular complexity index is 1040. The van der Waals surface area contributed by atoms with Gasteiger partial charge in [-0.2, -0.15) is 5.10 Å². The molecule has 3 aromatic rings. The van der Waals surface area contributed by atoms with Crippen molar-refractivity contribution in [3.05, 3.63) is 82.2 Å². The molecule has 0 aliphatic carbocycles. The summed E-state index contributed by atoms with van der Waals surface area (Å²) in [5, 5.41) is 4.47. The van der Waals surface area contributed by atoms with Crippen molar-refractivity contribution in [2.75, 3.05) is 13.7 Å². The first kappa shape index (κ1) is 20.3. The smallest absolute Gasteiger partial charge is 0.342 e. The van der Waals surface area contributed by atoms with E-state index in [1.807, 2.05) is 38.1 Å². The summed E-state index contributed by atoms with van der Waals surface area (Å²) in [5.74, 6) is -0.427. The Morgan fingerprint density at radius 1 is 1.00 bits per heavy atom. The summed E-state index contributed by atoms with van der Waals surface area (Å²) in [6.07, 6.45) is 0. The number of para-hydroxylation sites is 1. The molecule has 1 aromatic heterocycles. The first-order chi connectivity index (χ1) is 13.9. The van der Waals surface area contributed by atoms with E-state index in [0.29, 0.717) is 34.8 Å². The monoisotopic (exact) mass is 392 g/mol. The first-order valence-electron chi connectivity index (χ1n) is 9.33. The number of esters is 1. The lowest BCUT2D eigenvalue weighted by atomic mass is 10.1. The summed E-state index contributed by atoms with van der Waals surface area (Å²) < 4.78 is 12.3. The van der Waals surface area contributed by atoms with Crippen LogP contribution in [0.5, 0.6) is 5.75 Å². The SMILES string of the molecule is COc1ccccc1C(=O)COC(=O)c1c(C)nn(Cc2ccc(C)cc2)c1C. The fourth-order valence-corrected chi connectivity index (χ4v) is 3.17. The van der Waals surface area contributed by atoms with Crippen LogP contribution in [0.1, 0.15) is 43.2 Å². The lowest BCUT2D eigenvalue weighted by Gasteiger charge is -2.09. The predicted molar refractivity (Wildman–Crippen MR) is 110 cm³/mol. The van der Waals surface area contributed by atoms with Crippen LogP contribution in [-0.2, 0) is 11.3 Å². The lowest BCUT2D eigenvalue weighted by Crippen LogP contribution is -2.16. The van der Waals surface area contributed by atoms with Gasteiger partial charge in [-0.05, 0) is 38.5 Å². The third-order valence-corrected chi connectivity index (χ3v) is 4.78. The van der Waals surface area contributed by atoms with Gasteiger partial charge < -0.3 is 9.47 Å². The number of methoxy groups -OCH3 is 1. The minimum atomic E-state index is -0.557. The molecule has 0 aliphatic heterocycles. The highest BCUT2D eigenvalue weighted by atomic mass is 16.5. The topological polar surface area (TPSA) is 70.4 Å². The number of nitrogens with zero attached hydrogens (tertiary/aromatic N) is 2. The van der Waals surface area contributed by atoms with E-state index in [1.54, 1.807) is 35.9 Å². The van der Waals surface area contributed by atoms with Gasteiger partial charge in [0, 0.05) is 0 Å². The standard InChI is InChI=1S/C23H24N2O4/c1-15-9-11-18(12-10-15)13-25-17(3)22(16(2)24-25)23(27)29-14-20(26)19-7-5-6-8-21(19)28-4/h5-12H,13-14H2,1-4H3. The number of Topliss-reactive ketones (excluding diaryl/α,β-unsaturated/α-hetero) is 1. The number of aromatic nitrogens is 2. The Kier molecular flexibility index (Phi) is 6.12. The highest BCUT2D eigenvalue weighted by Crippen LogP contribution is 2.19. The number of aryl methyl sites for hydroxylation is 2. The van der Waals surface area contributed by atoms with Crippen molar-refractivity contribution in [1.29, 1.82) is 0 Å². The molecule has 0 saturated carbocycles. The Morgan fingerprint density at radius 3 is 2.38 bits per heavy atom. The average Bonchev–Trinajstić information content (AvgIpc) is 3.00. The van der Waals surface area contributed by atoms with Crippen LogP contribution < -0.4 is 4.74 Å². The van der Waals surface area contributed by atoms with Crippen molar-refractivity contribution >= 4 is 11.8 Å². The molecule has 3 rings (SSSR count). The maximum absolute atomic E-state index is 12.6. The second-order valence-corrected chi connectivity index (χ2v) is 6.89. The molecule has 0 unspecified atom stereocenters. The second kappa shape index (κ2) is 8.73. The van der Waals surface area contributed by atoms with Crippen molar-refractivity contribution in [3.63, 3.8) is 0 Å². The number of rotatable bonds is 7. The average molecular weight is 392 g/mol. The highest BCUT2D eigenvalue weighted by molar-refractivity contribution is 6.01. The maximum atomic E-state index is 12.6. The summed E-state index contributed by atoms with van der Waals surface area (Å²) in [7, 11) is 1.49. The molecule has 1 heterocycles. The Morgan fingerprint density at radius 2 is 1.69 bits per heavy atom. The van der Waals surface area contributed by atoms with Crippen molar-refractivity contribution in [1.82, 2.24) is 9.78 Å². The predicted octanol–water partition coefficient (Wildman–Crippen LogP) is 3.90. The van der Waals surface area contributed by atoms with Crippen LogP contribution in [0.4, 0.5) is 0 Å². The van der Waals surface area contributed by atoms with Crippen LogP contribution in [0, 0.1) is 20.8 Å². The second-order valence-electron chi connectivity index (χ2n) is 6.89. The van der Waals surface area contributed by atoms with E-state index in [2.05, 4.69) is 5.10 Å². The molecule has 0 atom stereocenters. The minimum Gasteiger partial charge on any atom is -0.496 e. The molecule has 0 amide bonds. The van der Waals surface area contributed by atoms with E-state index in [-0.39, 0.29) is 12.4 Å². The van der Waals surface area contributed by atoms with E-state index in [1.165, 1.54) is 12.7 Å². The van der Waals surface area contributed by atoms with Crippen LogP contribution in [0.15, 0.2) is 48.5 Å². The van der Waals surface area contributed by atoms with Gasteiger partial charge >= 0.3 is 5.97 Å². The van der Waals surface area contributed by atoms with Crippen LogP contribution in [0.25, 0.3) is 0 Å². The molecule has 29 heavy (non-hydrogen) atoms. The molecular weight excluding hydrogens is 368 g/mol. The van der Waals surface area contributed by atoms with Crippen LogP contribution in [0.2, 0.25) is 0 Å². The van der Waals surface area contributed by atoms with Gasteiger partial charge in [-0.15, -0.1) is 0 Å². The van der Waals surface area contributed by atoms with Crippen LogP contribution in [-0.4, -0.2) is 35.2 Å². The van der Waals surface area contributed by atoms with Gasteiger partial charge in [0.15, 0.2) is 6.61 Å². The highest BCUT2D eigenvalue weighted by Gasteiger charge is 2.22. The van der Waals surface area contributed by atoms with Gasteiger partial charge in [0.2, 0.25) is 5.78 Å². The Labute approximate surface area is 170 Å². The fraction of sp³-hybridized carbons (Fsp3) is 0.261. The number of carbonyl (C=O) groups excluding carboxylic acids is 2. The van der Waals surface area contributed by atoms with E-state index >= 15 is 0 Å². The van der Waals surface area contributed by atoms with E-state index in [4.69, 9.17) is 9.47 Å². The fourth-order valence-electron chi connectivity index (χ4n) is 3.17. The molecule has 2 aromatic carbocycles. The number of ketones is 1. The number of ether oxygens (including phenoxy) is 2. The van der Waals surface area contributed by atoms with Crippen molar-refractivity contribution in [3.8, 4) is 5.75 Å². The van der Waals surface area contributed by atoms with Crippen LogP contribution >= 0.6 is 0 Å². The lowest BCUT2D eigenvalue weighted by molar-refractivity contribution is 0.0472. The van der Waals surface area contributed by atoms with Crippen molar-refractivity contribution < 1.29 is 19.1 Å². The van der Waals surface area contributed by atoms with E-state index in [9.17, 15) is 9.59 Å². The summed E-state index contributed by atoms with van der Waals surface area (Å²) in [6.45, 7) is 5.82. The largest absolute Gasteiger partial charge is 0.496 e. The molecule has 0 aliphatic rings. The molecule has 0 fully saturated rings. The minimum absolute atomic E-state index is 0.321. The van der Waals surface area contributed by atoms with Crippen molar-refractivity contribution in [2.24, 2.45) is 0 Å². The Balaban J connectivity index is 1.71. The Hall–Kier alpha value is -3.41. The molecule has 0 radical (unpaired) electrons. The summed E-state index contributed by atoms with van der Waals surface area (Å²) >= 11 is 0. The zero-order chi connectivity index (χ0) is 21.0. The summed E-state index contributed by atoms with van der Waals surface area (Å²) in [4.78, 5) is 25.1. The molecule has 0 saturated heterocycles. The van der Waals surface area contributed by atoms with E-state index < -0.39 is 5.97 Å². The maximum Gasteiger partial charge on any atom is 0.342 e. The van der Waals surface area contributed by atoms with Gasteiger partial charge in [0.05, 0.1) is 30.6 Å².